The molecule has 4 atom stereocenters. The average molecular weight is 405 g/mol. The van der Waals surface area contributed by atoms with Crippen LogP contribution in [-0.2, 0) is 12.8 Å². The summed E-state index contributed by atoms with van der Waals surface area (Å²) in [5, 5.41) is 0. The maximum atomic E-state index is 12.0. The number of rotatable bonds is 6. The van der Waals surface area contributed by atoms with Crippen LogP contribution < -0.4 is 5.56 Å². The fourth-order valence-electron chi connectivity index (χ4n) is 4.91. The van der Waals surface area contributed by atoms with Crippen LogP contribution in [-0.4, -0.2) is 25.8 Å². The Morgan fingerprint density at radius 3 is 2.45 bits per heavy atom. The van der Waals surface area contributed by atoms with Gasteiger partial charge < -0.3 is 0 Å². The Bertz CT molecular complexity index is 1050. The summed E-state index contributed by atoms with van der Waals surface area (Å²) in [5.41, 5.74) is 1.91. The van der Waals surface area contributed by atoms with Crippen molar-refractivity contribution < 1.29 is 0 Å². The summed E-state index contributed by atoms with van der Waals surface area (Å²) in [6, 6.07) is 9.26. The van der Waals surface area contributed by atoms with Crippen LogP contribution in [0.5, 0.6) is 0 Å². The highest BCUT2D eigenvalue weighted by Gasteiger charge is 2.53. The molecule has 2 aliphatic carbocycles. The molecule has 0 unspecified atom stereocenters. The number of hydrogen-bond donors (Lipinski definition) is 0. The third kappa shape index (κ3) is 3.86. The highest BCUT2D eigenvalue weighted by molar-refractivity contribution is 7.98. The minimum Gasteiger partial charge on any atom is -0.283 e. The van der Waals surface area contributed by atoms with Crippen molar-refractivity contribution in [3.8, 4) is 5.69 Å². The Morgan fingerprint density at radius 2 is 1.76 bits per heavy atom. The molecule has 2 fully saturated rings. The van der Waals surface area contributed by atoms with E-state index in [1.807, 2.05) is 37.0 Å². The molecular weight excluding hydrogens is 380 g/mol. The molecule has 5 nitrogen and oxygen atoms in total. The predicted octanol–water partition coefficient (Wildman–Crippen LogP) is 3.80. The van der Waals surface area contributed by atoms with Gasteiger partial charge >= 0.3 is 0 Å². The lowest BCUT2D eigenvalue weighted by molar-refractivity contribution is 0.400. The van der Waals surface area contributed by atoms with Gasteiger partial charge in [0.1, 0.15) is 5.82 Å². The van der Waals surface area contributed by atoms with Gasteiger partial charge in [-0.25, -0.2) is 9.97 Å². The van der Waals surface area contributed by atoms with E-state index in [0.29, 0.717) is 11.8 Å². The van der Waals surface area contributed by atoms with Crippen molar-refractivity contribution in [2.24, 2.45) is 23.7 Å². The molecule has 0 spiro atoms. The van der Waals surface area contributed by atoms with Crippen molar-refractivity contribution in [3.05, 3.63) is 77.0 Å². The third-order valence-electron chi connectivity index (χ3n) is 6.45. The van der Waals surface area contributed by atoms with E-state index in [-0.39, 0.29) is 5.56 Å². The predicted molar refractivity (Wildman–Crippen MR) is 114 cm³/mol. The molecule has 2 saturated carbocycles. The van der Waals surface area contributed by atoms with Crippen LogP contribution in [0, 0.1) is 23.7 Å². The molecular formula is C23H24N4OS. The van der Waals surface area contributed by atoms with Crippen LogP contribution in [0.1, 0.15) is 24.4 Å². The Balaban J connectivity index is 1.23. The molecule has 0 radical (unpaired) electrons. The number of fused-ring (bicyclic) bond motifs is 1. The standard InChI is InChI=1S/C23H24N4OS/c1-29-19-13-25-22(26-14-19)10-16-8-15(20-11-21(16)20)9-17-5-6-18(12-24-17)27-7-3-2-4-23(27)28/h2-7,12-16,20-21H,8-11H2,1H3/t15-,16-,20+,21-/m0/s1. The van der Waals surface area contributed by atoms with Gasteiger partial charge in [0.25, 0.3) is 5.56 Å². The fourth-order valence-corrected chi connectivity index (χ4v) is 5.22. The number of hydrogen-bond acceptors (Lipinski definition) is 5. The van der Waals surface area contributed by atoms with Crippen molar-refractivity contribution in [1.82, 2.24) is 19.5 Å². The van der Waals surface area contributed by atoms with Gasteiger partial charge in [0.15, 0.2) is 0 Å². The summed E-state index contributed by atoms with van der Waals surface area (Å²) in [4.78, 5) is 26.8. The molecule has 148 valence electrons. The molecule has 6 heteroatoms. The molecule has 0 N–H and O–H groups in total. The largest absolute Gasteiger partial charge is 0.283 e. The lowest BCUT2D eigenvalue weighted by Crippen LogP contribution is -2.16. The first-order chi connectivity index (χ1) is 14.2. The van der Waals surface area contributed by atoms with E-state index >= 15 is 0 Å². The minimum absolute atomic E-state index is 0.0331. The number of nitrogens with zero attached hydrogens (tertiary/aromatic N) is 4. The van der Waals surface area contributed by atoms with Gasteiger partial charge in [-0.2, -0.15) is 0 Å². The molecule has 29 heavy (non-hydrogen) atoms. The highest BCUT2D eigenvalue weighted by atomic mass is 32.2. The van der Waals surface area contributed by atoms with E-state index < -0.39 is 0 Å². The summed E-state index contributed by atoms with van der Waals surface area (Å²) in [5.74, 6) is 4.06. The second kappa shape index (κ2) is 7.75. The summed E-state index contributed by atoms with van der Waals surface area (Å²) < 4.78 is 1.63. The molecule has 5 rings (SSSR count). The van der Waals surface area contributed by atoms with Gasteiger partial charge in [-0.05, 0) is 67.4 Å². The zero-order valence-corrected chi connectivity index (χ0v) is 17.3. The fraction of sp³-hybridized carbons (Fsp3) is 0.391. The van der Waals surface area contributed by atoms with Crippen molar-refractivity contribution in [1.29, 1.82) is 0 Å². The lowest BCUT2D eigenvalue weighted by Gasteiger charge is -2.16. The first-order valence-electron chi connectivity index (χ1n) is 10.2. The van der Waals surface area contributed by atoms with Crippen LogP contribution in [0.4, 0.5) is 0 Å². The molecule has 3 aromatic heterocycles. The molecule has 0 bridgehead atoms. The third-order valence-corrected chi connectivity index (χ3v) is 7.13. The van der Waals surface area contributed by atoms with E-state index in [0.717, 1.165) is 46.8 Å². The zero-order valence-electron chi connectivity index (χ0n) is 16.4. The molecule has 2 aliphatic rings. The maximum absolute atomic E-state index is 12.0. The van der Waals surface area contributed by atoms with E-state index in [9.17, 15) is 4.79 Å². The molecule has 3 aromatic rings. The first-order valence-corrected chi connectivity index (χ1v) is 11.4. The Morgan fingerprint density at radius 1 is 0.966 bits per heavy atom. The van der Waals surface area contributed by atoms with Crippen molar-refractivity contribution >= 4 is 11.8 Å². The van der Waals surface area contributed by atoms with E-state index in [2.05, 4.69) is 21.0 Å². The summed E-state index contributed by atoms with van der Waals surface area (Å²) in [6.07, 6.45) is 14.1. The average Bonchev–Trinajstić information content (AvgIpc) is 3.49. The van der Waals surface area contributed by atoms with Crippen LogP contribution in [0.15, 0.2) is 64.8 Å². The van der Waals surface area contributed by atoms with Crippen LogP contribution in [0.2, 0.25) is 0 Å². The zero-order chi connectivity index (χ0) is 19.8. The minimum atomic E-state index is -0.0331. The van der Waals surface area contributed by atoms with E-state index in [1.54, 1.807) is 34.7 Å². The van der Waals surface area contributed by atoms with Gasteiger partial charge in [-0.1, -0.05) is 6.07 Å². The Hall–Kier alpha value is -2.47. The van der Waals surface area contributed by atoms with Crippen molar-refractivity contribution in [2.75, 3.05) is 6.26 Å². The first kappa shape index (κ1) is 18.6. The summed E-state index contributed by atoms with van der Waals surface area (Å²) in [6.45, 7) is 0. The van der Waals surface area contributed by atoms with Crippen LogP contribution >= 0.6 is 11.8 Å². The van der Waals surface area contributed by atoms with E-state index in [4.69, 9.17) is 0 Å². The molecule has 0 saturated heterocycles. The smallest absolute Gasteiger partial charge is 0.255 e. The molecule has 0 aliphatic heterocycles. The molecule has 0 aromatic carbocycles. The van der Waals surface area contributed by atoms with Gasteiger partial charge in [-0.15, -0.1) is 11.8 Å². The second-order valence-corrected chi connectivity index (χ2v) is 9.06. The number of pyridine rings is 2. The quantitative estimate of drug-likeness (QED) is 0.585. The monoisotopic (exact) mass is 404 g/mol. The normalized spacial score (nSPS) is 25.0. The van der Waals surface area contributed by atoms with Gasteiger partial charge in [0, 0.05) is 41.7 Å². The van der Waals surface area contributed by atoms with Gasteiger partial charge in [-0.3, -0.25) is 14.3 Å². The summed E-state index contributed by atoms with van der Waals surface area (Å²) in [7, 11) is 0. The maximum Gasteiger partial charge on any atom is 0.255 e. The van der Waals surface area contributed by atoms with Gasteiger partial charge in [0.2, 0.25) is 0 Å². The summed E-state index contributed by atoms with van der Waals surface area (Å²) >= 11 is 1.68. The number of aromatic nitrogens is 4. The second-order valence-electron chi connectivity index (χ2n) is 8.18. The van der Waals surface area contributed by atoms with Crippen molar-refractivity contribution in [3.63, 3.8) is 0 Å². The SMILES string of the molecule is CSc1cnc(C[C@@H]2C[C@@H](Cc3ccc(-n4ccccc4=O)cn3)[C@H]3C[C@@H]23)nc1. The Labute approximate surface area is 174 Å². The molecule has 3 heterocycles. The number of thioether (sulfide) groups is 1. The van der Waals surface area contributed by atoms with Crippen molar-refractivity contribution in [2.45, 2.75) is 30.6 Å². The van der Waals surface area contributed by atoms with Crippen LogP contribution in [0.3, 0.4) is 0 Å². The van der Waals surface area contributed by atoms with E-state index in [1.165, 1.54) is 12.8 Å². The molecule has 0 amide bonds. The van der Waals surface area contributed by atoms with Gasteiger partial charge in [0.05, 0.1) is 11.9 Å². The lowest BCUT2D eigenvalue weighted by atomic mass is 9.91. The highest BCUT2D eigenvalue weighted by Crippen LogP contribution is 2.60. The van der Waals surface area contributed by atoms with Crippen LogP contribution in [0.25, 0.3) is 5.69 Å². The Kier molecular flexibility index (Phi) is 4.96. The topological polar surface area (TPSA) is 60.7 Å².